The van der Waals surface area contributed by atoms with Crippen LogP contribution in [-0.2, 0) is 6.54 Å². The molecule has 0 radical (unpaired) electrons. The van der Waals surface area contributed by atoms with Gasteiger partial charge in [-0.2, -0.15) is 0 Å². The minimum absolute atomic E-state index is 0.523. The van der Waals surface area contributed by atoms with E-state index in [-0.39, 0.29) is 0 Å². The van der Waals surface area contributed by atoms with Crippen molar-refractivity contribution in [3.8, 4) is 0 Å². The van der Waals surface area contributed by atoms with Gasteiger partial charge in [-0.3, -0.25) is 0 Å². The Balaban J connectivity index is 2.20. The van der Waals surface area contributed by atoms with Crippen LogP contribution in [0.1, 0.15) is 5.56 Å². The third kappa shape index (κ3) is 2.81. The second-order valence-electron chi connectivity index (χ2n) is 3.39. The van der Waals surface area contributed by atoms with Crippen molar-refractivity contribution in [2.24, 2.45) is 5.73 Å². The smallest absolute Gasteiger partial charge is 0.130 e. The van der Waals surface area contributed by atoms with Gasteiger partial charge < -0.3 is 11.1 Å². The first-order valence-electron chi connectivity index (χ1n) is 4.95. The van der Waals surface area contributed by atoms with Crippen LogP contribution in [0.5, 0.6) is 0 Å². The molecule has 1 aromatic heterocycles. The van der Waals surface area contributed by atoms with Gasteiger partial charge in [0.25, 0.3) is 0 Å². The molecule has 0 fully saturated rings. The summed E-state index contributed by atoms with van der Waals surface area (Å²) in [6.45, 7) is 0.523. The van der Waals surface area contributed by atoms with Gasteiger partial charge >= 0.3 is 0 Å². The van der Waals surface area contributed by atoms with E-state index < -0.39 is 0 Å². The zero-order chi connectivity index (χ0) is 11.4. The lowest BCUT2D eigenvalue weighted by Crippen LogP contribution is -1.99. The highest BCUT2D eigenvalue weighted by Crippen LogP contribution is 2.19. The van der Waals surface area contributed by atoms with Gasteiger partial charge in [0.15, 0.2) is 0 Å². The molecule has 0 aliphatic heterocycles. The van der Waals surface area contributed by atoms with E-state index in [2.05, 4.69) is 26.2 Å². The predicted octanol–water partition coefficient (Wildman–Crippen LogP) is 3.05. The van der Waals surface area contributed by atoms with E-state index in [9.17, 15) is 0 Å². The summed E-state index contributed by atoms with van der Waals surface area (Å²) in [5.74, 6) is 0.807. The van der Waals surface area contributed by atoms with Crippen LogP contribution < -0.4 is 11.1 Å². The zero-order valence-corrected chi connectivity index (χ0v) is 10.2. The van der Waals surface area contributed by atoms with Crippen molar-refractivity contribution in [1.29, 1.82) is 0 Å². The van der Waals surface area contributed by atoms with Crippen molar-refractivity contribution in [1.82, 2.24) is 4.98 Å². The summed E-state index contributed by atoms with van der Waals surface area (Å²) >= 11 is 3.42. The number of halogens is 1. The van der Waals surface area contributed by atoms with Crippen molar-refractivity contribution < 1.29 is 0 Å². The molecule has 0 spiro atoms. The summed E-state index contributed by atoms with van der Waals surface area (Å²) in [6, 6.07) is 11.8. The molecule has 0 amide bonds. The van der Waals surface area contributed by atoms with Crippen LogP contribution in [0.2, 0.25) is 0 Å². The summed E-state index contributed by atoms with van der Waals surface area (Å²) in [5, 5.41) is 3.22. The number of hydrogen-bond donors (Lipinski definition) is 2. The van der Waals surface area contributed by atoms with E-state index in [1.54, 1.807) is 6.20 Å². The molecule has 0 aliphatic rings. The maximum absolute atomic E-state index is 5.57. The number of nitrogens with two attached hydrogens (primary N) is 1. The van der Waals surface area contributed by atoms with Crippen LogP contribution in [0.15, 0.2) is 47.1 Å². The topological polar surface area (TPSA) is 50.9 Å². The van der Waals surface area contributed by atoms with Crippen LogP contribution in [-0.4, -0.2) is 4.98 Å². The largest absolute Gasteiger partial charge is 0.340 e. The molecular weight excluding hydrogens is 266 g/mol. The lowest BCUT2D eigenvalue weighted by molar-refractivity contribution is 1.06. The first kappa shape index (κ1) is 11.1. The van der Waals surface area contributed by atoms with E-state index in [4.69, 9.17) is 5.73 Å². The summed E-state index contributed by atoms with van der Waals surface area (Å²) < 4.78 is 1.03. The Labute approximate surface area is 103 Å². The number of anilines is 2. The molecule has 3 N–H and O–H groups in total. The molecule has 0 aliphatic carbocycles. The normalized spacial score (nSPS) is 10.1. The number of benzene rings is 1. The Bertz CT molecular complexity index is 485. The number of pyridine rings is 1. The average molecular weight is 278 g/mol. The number of hydrogen-bond acceptors (Lipinski definition) is 3. The Morgan fingerprint density at radius 3 is 2.88 bits per heavy atom. The second-order valence-corrected chi connectivity index (χ2v) is 4.30. The Morgan fingerprint density at radius 1 is 1.25 bits per heavy atom. The molecule has 2 aromatic rings. The molecule has 1 aromatic carbocycles. The van der Waals surface area contributed by atoms with Gasteiger partial charge in [0, 0.05) is 22.9 Å². The number of aromatic nitrogens is 1. The van der Waals surface area contributed by atoms with Gasteiger partial charge in [-0.1, -0.05) is 22.0 Å². The molecule has 0 bridgehead atoms. The van der Waals surface area contributed by atoms with Crippen molar-refractivity contribution in [2.45, 2.75) is 6.54 Å². The Kier molecular flexibility index (Phi) is 3.54. The van der Waals surface area contributed by atoms with Gasteiger partial charge in [0.2, 0.25) is 0 Å². The molecular formula is C12H12BrN3. The summed E-state index contributed by atoms with van der Waals surface area (Å²) in [5.41, 5.74) is 7.63. The highest BCUT2D eigenvalue weighted by molar-refractivity contribution is 9.10. The van der Waals surface area contributed by atoms with Gasteiger partial charge in [-0.15, -0.1) is 0 Å². The molecule has 4 heteroatoms. The van der Waals surface area contributed by atoms with Gasteiger partial charge in [0.1, 0.15) is 5.82 Å². The van der Waals surface area contributed by atoms with Crippen LogP contribution in [0, 0.1) is 0 Å². The minimum atomic E-state index is 0.523. The zero-order valence-electron chi connectivity index (χ0n) is 8.65. The fourth-order valence-corrected chi connectivity index (χ4v) is 1.78. The average Bonchev–Trinajstić information content (AvgIpc) is 2.29. The highest BCUT2D eigenvalue weighted by Gasteiger charge is 1.97. The number of nitrogens with zero attached hydrogens (tertiary/aromatic N) is 1. The third-order valence-corrected chi connectivity index (χ3v) is 2.65. The van der Waals surface area contributed by atoms with Crippen molar-refractivity contribution in [3.05, 3.63) is 52.6 Å². The molecule has 16 heavy (non-hydrogen) atoms. The molecule has 1 heterocycles. The summed E-state index contributed by atoms with van der Waals surface area (Å²) in [6.07, 6.45) is 1.75. The number of nitrogens with one attached hydrogen (secondary N) is 1. The van der Waals surface area contributed by atoms with Gasteiger partial charge in [-0.25, -0.2) is 4.98 Å². The van der Waals surface area contributed by atoms with Gasteiger partial charge in [-0.05, 0) is 35.9 Å². The molecule has 0 saturated heterocycles. The SMILES string of the molecule is NCc1ccnc(Nc2cccc(Br)c2)c1. The standard InChI is InChI=1S/C12H12BrN3/c13-10-2-1-3-11(7-10)16-12-6-9(8-14)4-5-15-12/h1-7H,8,14H2,(H,15,16). The fourth-order valence-electron chi connectivity index (χ4n) is 1.38. The molecule has 3 nitrogen and oxygen atoms in total. The van der Waals surface area contributed by atoms with E-state index >= 15 is 0 Å². The van der Waals surface area contributed by atoms with E-state index in [0.717, 1.165) is 21.5 Å². The molecule has 0 unspecified atom stereocenters. The first-order valence-corrected chi connectivity index (χ1v) is 5.75. The highest BCUT2D eigenvalue weighted by atomic mass is 79.9. The quantitative estimate of drug-likeness (QED) is 0.907. The van der Waals surface area contributed by atoms with Crippen LogP contribution in [0.4, 0.5) is 11.5 Å². The van der Waals surface area contributed by atoms with E-state index in [1.165, 1.54) is 0 Å². The van der Waals surface area contributed by atoms with Crippen LogP contribution >= 0.6 is 15.9 Å². The Morgan fingerprint density at radius 2 is 2.12 bits per heavy atom. The first-order chi connectivity index (χ1) is 7.78. The van der Waals surface area contributed by atoms with Crippen molar-refractivity contribution >= 4 is 27.4 Å². The maximum atomic E-state index is 5.57. The van der Waals surface area contributed by atoms with Gasteiger partial charge in [0.05, 0.1) is 0 Å². The van der Waals surface area contributed by atoms with E-state index in [0.29, 0.717) is 6.54 Å². The summed E-state index contributed by atoms with van der Waals surface area (Å²) in [7, 11) is 0. The second kappa shape index (κ2) is 5.09. The van der Waals surface area contributed by atoms with Crippen LogP contribution in [0.25, 0.3) is 0 Å². The molecule has 2 rings (SSSR count). The third-order valence-electron chi connectivity index (χ3n) is 2.16. The fraction of sp³-hybridized carbons (Fsp3) is 0.0833. The predicted molar refractivity (Wildman–Crippen MR) is 69.6 cm³/mol. The monoisotopic (exact) mass is 277 g/mol. The lowest BCUT2D eigenvalue weighted by atomic mass is 10.2. The Hall–Kier alpha value is -1.39. The van der Waals surface area contributed by atoms with Crippen LogP contribution in [0.3, 0.4) is 0 Å². The minimum Gasteiger partial charge on any atom is -0.340 e. The molecule has 82 valence electrons. The van der Waals surface area contributed by atoms with Crippen molar-refractivity contribution in [2.75, 3.05) is 5.32 Å². The summed E-state index contributed by atoms with van der Waals surface area (Å²) in [4.78, 5) is 4.23. The van der Waals surface area contributed by atoms with E-state index in [1.807, 2.05) is 36.4 Å². The van der Waals surface area contributed by atoms with Crippen molar-refractivity contribution in [3.63, 3.8) is 0 Å². The molecule has 0 atom stereocenters. The molecule has 0 saturated carbocycles. The lowest BCUT2D eigenvalue weighted by Gasteiger charge is -2.06. The number of rotatable bonds is 3. The maximum Gasteiger partial charge on any atom is 0.130 e.